The molecule has 1 unspecified atom stereocenters. The topological polar surface area (TPSA) is 147 Å². The third-order valence-corrected chi connectivity index (χ3v) is 7.72. The van der Waals surface area contributed by atoms with Crippen LogP contribution in [0, 0.1) is 5.41 Å². The first-order valence-corrected chi connectivity index (χ1v) is 13.4. The molecule has 202 valence electrons. The van der Waals surface area contributed by atoms with Crippen LogP contribution in [0.15, 0.2) is 66.0 Å². The number of rotatable bonds is 8. The smallest absolute Gasteiger partial charge is 0.251 e. The van der Waals surface area contributed by atoms with Crippen LogP contribution < -0.4 is 16.4 Å². The van der Waals surface area contributed by atoms with Crippen LogP contribution in [0.1, 0.15) is 27.2 Å². The highest BCUT2D eigenvalue weighted by molar-refractivity contribution is 7.10. The predicted octanol–water partition coefficient (Wildman–Crippen LogP) is 2.09. The molecule has 3 heterocycles. The van der Waals surface area contributed by atoms with Gasteiger partial charge in [0.25, 0.3) is 5.91 Å². The van der Waals surface area contributed by atoms with E-state index >= 15 is 0 Å². The summed E-state index contributed by atoms with van der Waals surface area (Å²) in [6, 6.07) is 17.9. The number of nitrogens with two attached hydrogens (primary N) is 1. The third-order valence-electron chi connectivity index (χ3n) is 6.78. The van der Waals surface area contributed by atoms with Gasteiger partial charge in [-0.25, -0.2) is 0 Å². The number of nitrogen functional groups attached to an aromatic ring is 1. The molecule has 0 aliphatic carbocycles. The summed E-state index contributed by atoms with van der Waals surface area (Å²) in [5.41, 5.74) is 8.57. The van der Waals surface area contributed by atoms with Gasteiger partial charge in [0.15, 0.2) is 5.79 Å². The number of likely N-dealkylation sites (tertiary alicyclic amines) is 1. The van der Waals surface area contributed by atoms with Gasteiger partial charge in [-0.3, -0.25) is 19.8 Å². The van der Waals surface area contributed by atoms with Crippen molar-refractivity contribution in [2.75, 3.05) is 26.3 Å². The summed E-state index contributed by atoms with van der Waals surface area (Å²) in [7, 11) is 0. The maximum Gasteiger partial charge on any atom is 0.251 e. The lowest BCUT2D eigenvalue weighted by Crippen LogP contribution is -2.49. The molecule has 3 aromatic rings. The standard InChI is InChI=1S/C28H29N5O5S/c29-25(30)21-12-22(39-16-21)14-31-27(36)23-13-28(37-10-11-38-28)17-33(23)24(34)15-32-26(35)20-8-6-19(7-9-20)18-4-2-1-3-5-18/h1-9,12,16,23H,10-11,13-15,17H2,(H3,29,30)(H,31,36)(H,32,35). The lowest BCUT2D eigenvalue weighted by Gasteiger charge is -2.24. The quantitative estimate of drug-likeness (QED) is 0.251. The van der Waals surface area contributed by atoms with E-state index in [9.17, 15) is 14.4 Å². The average molecular weight is 548 g/mol. The Labute approximate surface area is 229 Å². The Morgan fingerprint density at radius 2 is 1.69 bits per heavy atom. The molecule has 1 atom stereocenters. The summed E-state index contributed by atoms with van der Waals surface area (Å²) in [4.78, 5) is 41.4. The number of amides is 3. The molecule has 5 N–H and O–H groups in total. The summed E-state index contributed by atoms with van der Waals surface area (Å²) in [5, 5.41) is 14.8. The van der Waals surface area contributed by atoms with E-state index in [-0.39, 0.29) is 43.7 Å². The zero-order chi connectivity index (χ0) is 27.4. The second kappa shape index (κ2) is 11.4. The first-order valence-electron chi connectivity index (χ1n) is 12.5. The molecular weight excluding hydrogens is 518 g/mol. The van der Waals surface area contributed by atoms with Gasteiger partial charge in [-0.05, 0) is 29.3 Å². The zero-order valence-electron chi connectivity index (χ0n) is 21.1. The van der Waals surface area contributed by atoms with E-state index in [1.807, 2.05) is 42.5 Å². The number of carbonyl (C=O) groups excluding carboxylic acids is 3. The fraction of sp³-hybridized carbons (Fsp3) is 0.286. The van der Waals surface area contributed by atoms with Gasteiger partial charge in [0.1, 0.15) is 11.9 Å². The van der Waals surface area contributed by atoms with Gasteiger partial charge in [-0.2, -0.15) is 0 Å². The Balaban J connectivity index is 1.21. The highest BCUT2D eigenvalue weighted by Gasteiger charge is 2.52. The Morgan fingerprint density at radius 1 is 1.00 bits per heavy atom. The average Bonchev–Trinajstić information content (AvgIpc) is 3.71. The van der Waals surface area contributed by atoms with E-state index in [0.29, 0.717) is 24.3 Å². The van der Waals surface area contributed by atoms with Gasteiger partial charge < -0.3 is 30.7 Å². The van der Waals surface area contributed by atoms with Gasteiger partial charge in [-0.15, -0.1) is 11.3 Å². The van der Waals surface area contributed by atoms with Crippen molar-refractivity contribution in [3.63, 3.8) is 0 Å². The monoisotopic (exact) mass is 547 g/mol. The van der Waals surface area contributed by atoms with Gasteiger partial charge in [0.05, 0.1) is 32.8 Å². The SMILES string of the molecule is N=C(N)c1csc(CNC(=O)C2CC3(CN2C(=O)CNC(=O)c2ccc(-c4ccccc4)cc2)OCCO3)c1. The molecule has 0 saturated carbocycles. The summed E-state index contributed by atoms with van der Waals surface area (Å²) in [6.45, 7) is 0.828. The molecule has 1 aromatic heterocycles. The highest BCUT2D eigenvalue weighted by Crippen LogP contribution is 2.35. The molecule has 2 saturated heterocycles. The van der Waals surface area contributed by atoms with Crippen LogP contribution in [0.3, 0.4) is 0 Å². The molecule has 0 bridgehead atoms. The van der Waals surface area contributed by atoms with Crippen LogP contribution in [-0.4, -0.2) is 66.6 Å². The molecule has 1 spiro atoms. The van der Waals surface area contributed by atoms with Crippen molar-refractivity contribution in [2.24, 2.45) is 5.73 Å². The summed E-state index contributed by atoms with van der Waals surface area (Å²) >= 11 is 1.38. The van der Waals surface area contributed by atoms with Crippen molar-refractivity contribution >= 4 is 34.9 Å². The molecule has 2 aromatic carbocycles. The van der Waals surface area contributed by atoms with E-state index in [4.69, 9.17) is 20.6 Å². The normalized spacial score (nSPS) is 17.7. The Morgan fingerprint density at radius 3 is 2.36 bits per heavy atom. The molecule has 2 aliphatic heterocycles. The number of benzene rings is 2. The molecule has 0 radical (unpaired) electrons. The second-order valence-electron chi connectivity index (χ2n) is 9.41. The number of ether oxygens (including phenoxy) is 2. The van der Waals surface area contributed by atoms with E-state index in [0.717, 1.165) is 16.0 Å². The van der Waals surface area contributed by atoms with Crippen LogP contribution in [0.4, 0.5) is 0 Å². The number of amidine groups is 1. The van der Waals surface area contributed by atoms with Crippen LogP contribution in [0.2, 0.25) is 0 Å². The predicted molar refractivity (Wildman–Crippen MR) is 146 cm³/mol. The van der Waals surface area contributed by atoms with Crippen molar-refractivity contribution in [3.8, 4) is 11.1 Å². The van der Waals surface area contributed by atoms with Crippen molar-refractivity contribution in [3.05, 3.63) is 82.0 Å². The molecule has 2 fully saturated rings. The van der Waals surface area contributed by atoms with Crippen LogP contribution >= 0.6 is 11.3 Å². The molecule has 5 rings (SSSR count). The minimum absolute atomic E-state index is 0.0388. The summed E-state index contributed by atoms with van der Waals surface area (Å²) in [6.07, 6.45) is 0.197. The van der Waals surface area contributed by atoms with Crippen molar-refractivity contribution < 1.29 is 23.9 Å². The minimum Gasteiger partial charge on any atom is -0.384 e. The number of hydrogen-bond acceptors (Lipinski definition) is 7. The van der Waals surface area contributed by atoms with Gasteiger partial charge in [-0.1, -0.05) is 42.5 Å². The second-order valence-corrected chi connectivity index (χ2v) is 10.4. The first kappa shape index (κ1) is 26.5. The summed E-state index contributed by atoms with van der Waals surface area (Å²) in [5.74, 6) is -2.21. The lowest BCUT2D eigenvalue weighted by molar-refractivity contribution is -0.152. The number of nitrogens with zero attached hydrogens (tertiary/aromatic N) is 1. The van der Waals surface area contributed by atoms with Crippen LogP contribution in [-0.2, 0) is 25.6 Å². The third kappa shape index (κ3) is 6.00. The lowest BCUT2D eigenvalue weighted by atomic mass is 10.0. The maximum atomic E-state index is 13.2. The van der Waals surface area contributed by atoms with E-state index in [2.05, 4.69) is 10.6 Å². The largest absolute Gasteiger partial charge is 0.384 e. The Bertz CT molecular complexity index is 1370. The van der Waals surface area contributed by atoms with E-state index in [1.165, 1.54) is 16.2 Å². The van der Waals surface area contributed by atoms with Crippen molar-refractivity contribution in [2.45, 2.75) is 24.8 Å². The van der Waals surface area contributed by atoms with Gasteiger partial charge in [0.2, 0.25) is 11.8 Å². The van der Waals surface area contributed by atoms with Crippen LogP contribution in [0.25, 0.3) is 11.1 Å². The zero-order valence-corrected chi connectivity index (χ0v) is 22.0. The highest BCUT2D eigenvalue weighted by atomic mass is 32.1. The number of carbonyl (C=O) groups is 3. The number of thiophene rings is 1. The van der Waals surface area contributed by atoms with E-state index in [1.54, 1.807) is 23.6 Å². The summed E-state index contributed by atoms with van der Waals surface area (Å²) < 4.78 is 11.6. The van der Waals surface area contributed by atoms with Gasteiger partial charge in [0, 0.05) is 27.8 Å². The molecule has 10 nitrogen and oxygen atoms in total. The molecule has 3 amide bonds. The molecule has 2 aliphatic rings. The molecular formula is C28H29N5O5S. The molecule has 11 heteroatoms. The van der Waals surface area contributed by atoms with Gasteiger partial charge >= 0.3 is 0 Å². The minimum atomic E-state index is -1.03. The Kier molecular flexibility index (Phi) is 7.73. The fourth-order valence-corrected chi connectivity index (χ4v) is 5.58. The van der Waals surface area contributed by atoms with E-state index < -0.39 is 17.7 Å². The maximum absolute atomic E-state index is 13.2. The van der Waals surface area contributed by atoms with Crippen LogP contribution in [0.5, 0.6) is 0 Å². The van der Waals surface area contributed by atoms with Crippen molar-refractivity contribution in [1.82, 2.24) is 15.5 Å². The fourth-order valence-electron chi connectivity index (χ4n) is 4.75. The van der Waals surface area contributed by atoms with Crippen molar-refractivity contribution in [1.29, 1.82) is 5.41 Å². The number of nitrogens with one attached hydrogen (secondary N) is 3. The first-order chi connectivity index (χ1) is 18.8. The molecule has 39 heavy (non-hydrogen) atoms. The Hall–Kier alpha value is -4.06. The number of hydrogen-bond donors (Lipinski definition) is 4.